The zero-order valence-electron chi connectivity index (χ0n) is 15.8. The lowest BCUT2D eigenvalue weighted by Gasteiger charge is -2.11. The summed E-state index contributed by atoms with van der Waals surface area (Å²) in [4.78, 5) is 16.4. The number of hydrogen-bond donors (Lipinski definition) is 2. The molecule has 0 bridgehead atoms. The van der Waals surface area contributed by atoms with Gasteiger partial charge in [-0.3, -0.25) is 4.98 Å². The lowest BCUT2D eigenvalue weighted by Crippen LogP contribution is -2.28. The van der Waals surface area contributed by atoms with Crippen LogP contribution in [0.1, 0.15) is 11.1 Å². The number of rotatable bonds is 7. The van der Waals surface area contributed by atoms with Crippen molar-refractivity contribution in [2.45, 2.75) is 22.9 Å². The summed E-state index contributed by atoms with van der Waals surface area (Å²) in [5.41, 5.74) is 1.95. The minimum Gasteiger partial charge on any atom is -0.380 e. The molecule has 2 amide bonds. The number of anilines is 1. The Morgan fingerprint density at radius 1 is 1.03 bits per heavy atom. The summed E-state index contributed by atoms with van der Waals surface area (Å²) in [6.45, 7) is 0.536. The van der Waals surface area contributed by atoms with Gasteiger partial charge < -0.3 is 15.4 Å². The summed E-state index contributed by atoms with van der Waals surface area (Å²) >= 11 is 0. The third-order valence-corrected chi connectivity index (χ3v) is 6.03. The Bertz CT molecular complexity index is 1070. The fourth-order valence-electron chi connectivity index (χ4n) is 2.75. The van der Waals surface area contributed by atoms with E-state index in [4.69, 9.17) is 4.74 Å². The fourth-order valence-corrected chi connectivity index (χ4v) is 4.22. The van der Waals surface area contributed by atoms with E-state index in [0.29, 0.717) is 17.8 Å². The monoisotopic (exact) mass is 411 g/mol. The Kier molecular flexibility index (Phi) is 6.58. The predicted molar refractivity (Wildman–Crippen MR) is 109 cm³/mol. The van der Waals surface area contributed by atoms with Gasteiger partial charge in [0.25, 0.3) is 0 Å². The van der Waals surface area contributed by atoms with Crippen molar-refractivity contribution in [3.8, 4) is 0 Å². The summed E-state index contributed by atoms with van der Waals surface area (Å²) in [5, 5.41) is 5.39. The zero-order valence-corrected chi connectivity index (χ0v) is 16.6. The molecule has 0 spiro atoms. The minimum absolute atomic E-state index is 0.141. The first-order chi connectivity index (χ1) is 14.0. The van der Waals surface area contributed by atoms with Gasteiger partial charge in [0.1, 0.15) is 0 Å². The van der Waals surface area contributed by atoms with Crippen molar-refractivity contribution in [1.29, 1.82) is 0 Å². The molecule has 2 N–H and O–H groups in total. The third-order valence-electron chi connectivity index (χ3n) is 4.16. The van der Waals surface area contributed by atoms with Gasteiger partial charge in [-0.2, -0.15) is 0 Å². The van der Waals surface area contributed by atoms with Crippen LogP contribution in [0.4, 0.5) is 10.5 Å². The maximum atomic E-state index is 13.0. The quantitative estimate of drug-likeness (QED) is 0.621. The molecule has 0 fully saturated rings. The van der Waals surface area contributed by atoms with Gasteiger partial charge in [-0.1, -0.05) is 24.3 Å². The largest absolute Gasteiger partial charge is 0.380 e. The van der Waals surface area contributed by atoms with E-state index in [1.807, 2.05) is 6.07 Å². The topological polar surface area (TPSA) is 97.4 Å². The molecule has 29 heavy (non-hydrogen) atoms. The summed E-state index contributed by atoms with van der Waals surface area (Å²) in [5.74, 6) is 0. The van der Waals surface area contributed by atoms with E-state index >= 15 is 0 Å². The second-order valence-electron chi connectivity index (χ2n) is 6.24. The van der Waals surface area contributed by atoms with Gasteiger partial charge in [0.2, 0.25) is 9.84 Å². The molecule has 1 aromatic heterocycles. The predicted octanol–water partition coefficient (Wildman–Crippen LogP) is 3.38. The van der Waals surface area contributed by atoms with Crippen molar-refractivity contribution in [2.24, 2.45) is 0 Å². The smallest absolute Gasteiger partial charge is 0.319 e. The van der Waals surface area contributed by atoms with Crippen LogP contribution in [-0.2, 0) is 27.7 Å². The van der Waals surface area contributed by atoms with Crippen molar-refractivity contribution in [2.75, 3.05) is 12.4 Å². The average Bonchev–Trinajstić information content (AvgIpc) is 2.74. The first kappa shape index (κ1) is 20.5. The molecule has 0 radical (unpaired) electrons. The molecule has 3 rings (SSSR count). The van der Waals surface area contributed by atoms with Crippen molar-refractivity contribution >= 4 is 21.6 Å². The van der Waals surface area contributed by atoms with Gasteiger partial charge >= 0.3 is 6.03 Å². The molecule has 0 atom stereocenters. The summed E-state index contributed by atoms with van der Waals surface area (Å²) < 4.78 is 31.0. The third kappa shape index (κ3) is 5.18. The Balaban J connectivity index is 1.69. The second kappa shape index (κ2) is 9.31. The number of nitrogens with one attached hydrogen (secondary N) is 2. The van der Waals surface area contributed by atoms with Crippen molar-refractivity contribution in [3.05, 3.63) is 84.2 Å². The van der Waals surface area contributed by atoms with E-state index in [-0.39, 0.29) is 16.4 Å². The highest BCUT2D eigenvalue weighted by Gasteiger charge is 2.21. The van der Waals surface area contributed by atoms with E-state index in [2.05, 4.69) is 15.6 Å². The zero-order chi connectivity index (χ0) is 20.7. The number of urea groups is 1. The molecule has 0 saturated carbocycles. The highest BCUT2D eigenvalue weighted by molar-refractivity contribution is 7.91. The number of hydrogen-bond acceptors (Lipinski definition) is 5. The molecule has 1 heterocycles. The summed E-state index contributed by atoms with van der Waals surface area (Å²) in [7, 11) is -2.18. The van der Waals surface area contributed by atoms with Crippen molar-refractivity contribution in [1.82, 2.24) is 10.3 Å². The highest BCUT2D eigenvalue weighted by atomic mass is 32.2. The van der Waals surface area contributed by atoms with Gasteiger partial charge in [0.05, 0.1) is 16.4 Å². The van der Waals surface area contributed by atoms with Gasteiger partial charge in [-0.25, -0.2) is 13.2 Å². The highest BCUT2D eigenvalue weighted by Crippen LogP contribution is 2.25. The van der Waals surface area contributed by atoms with E-state index in [1.54, 1.807) is 54.9 Å². The fraction of sp³-hybridized carbons (Fsp3) is 0.143. The molecule has 0 unspecified atom stereocenters. The van der Waals surface area contributed by atoms with Crippen LogP contribution in [0.2, 0.25) is 0 Å². The molecule has 0 aliphatic heterocycles. The van der Waals surface area contributed by atoms with E-state index < -0.39 is 15.9 Å². The molecule has 3 aromatic rings. The number of nitrogens with zero attached hydrogens (tertiary/aromatic N) is 1. The van der Waals surface area contributed by atoms with Crippen LogP contribution in [0.3, 0.4) is 0 Å². The average molecular weight is 411 g/mol. The van der Waals surface area contributed by atoms with Crippen molar-refractivity contribution < 1.29 is 17.9 Å². The maximum Gasteiger partial charge on any atom is 0.319 e. The Labute approximate surface area is 169 Å². The number of methoxy groups -OCH3 is 1. The van der Waals surface area contributed by atoms with Crippen LogP contribution in [0, 0.1) is 0 Å². The number of carbonyl (C=O) groups excluding carboxylic acids is 1. The standard InChI is InChI=1S/C21H21N3O4S/c1-28-15-17-6-2-3-7-20(17)29(26,27)19-10-8-18(9-11-19)24-21(25)23-14-16-5-4-12-22-13-16/h2-13H,14-15H2,1H3,(H2,23,24,25). The van der Waals surface area contributed by atoms with Gasteiger partial charge in [0, 0.05) is 31.7 Å². The van der Waals surface area contributed by atoms with Crippen LogP contribution >= 0.6 is 0 Å². The number of benzene rings is 2. The molecule has 0 aliphatic carbocycles. The number of amides is 2. The molecule has 0 aliphatic rings. The van der Waals surface area contributed by atoms with Gasteiger partial charge in [-0.15, -0.1) is 0 Å². The van der Waals surface area contributed by atoms with Crippen LogP contribution in [0.25, 0.3) is 0 Å². The molecule has 150 valence electrons. The van der Waals surface area contributed by atoms with E-state index in [0.717, 1.165) is 5.56 Å². The van der Waals surface area contributed by atoms with Crippen molar-refractivity contribution in [3.63, 3.8) is 0 Å². The molecule has 2 aromatic carbocycles. The number of carbonyl (C=O) groups is 1. The molecular weight excluding hydrogens is 390 g/mol. The second-order valence-corrected chi connectivity index (χ2v) is 8.16. The summed E-state index contributed by atoms with van der Waals surface area (Å²) in [6, 6.07) is 16.0. The maximum absolute atomic E-state index is 13.0. The molecular formula is C21H21N3O4S. The summed E-state index contributed by atoms with van der Waals surface area (Å²) in [6.07, 6.45) is 3.33. The molecule has 8 heteroatoms. The van der Waals surface area contributed by atoms with Gasteiger partial charge in [0.15, 0.2) is 0 Å². The first-order valence-electron chi connectivity index (χ1n) is 8.86. The Morgan fingerprint density at radius 2 is 1.79 bits per heavy atom. The molecule has 7 nitrogen and oxygen atoms in total. The number of ether oxygens (including phenoxy) is 1. The van der Waals surface area contributed by atoms with Crippen LogP contribution < -0.4 is 10.6 Å². The number of pyridine rings is 1. The van der Waals surface area contributed by atoms with Crippen LogP contribution in [0.15, 0.2) is 82.8 Å². The van der Waals surface area contributed by atoms with Crippen LogP contribution in [-0.4, -0.2) is 26.5 Å². The first-order valence-corrected chi connectivity index (χ1v) is 10.3. The normalized spacial score (nSPS) is 11.1. The number of aromatic nitrogens is 1. The Morgan fingerprint density at radius 3 is 2.48 bits per heavy atom. The SMILES string of the molecule is COCc1ccccc1S(=O)(=O)c1ccc(NC(=O)NCc2cccnc2)cc1. The number of sulfone groups is 1. The molecule has 0 saturated heterocycles. The minimum atomic E-state index is -3.70. The lowest BCUT2D eigenvalue weighted by molar-refractivity contribution is 0.182. The van der Waals surface area contributed by atoms with Gasteiger partial charge in [-0.05, 0) is 47.5 Å². The van der Waals surface area contributed by atoms with E-state index in [1.165, 1.54) is 19.2 Å². The Hall–Kier alpha value is -3.23. The lowest BCUT2D eigenvalue weighted by atomic mass is 10.2. The van der Waals surface area contributed by atoms with Crippen LogP contribution in [0.5, 0.6) is 0 Å². The van der Waals surface area contributed by atoms with E-state index in [9.17, 15) is 13.2 Å².